The Labute approximate surface area is 333 Å². The number of amides is 3. The quantitative estimate of drug-likeness (QED) is 0.135. The van der Waals surface area contributed by atoms with Crippen LogP contribution in [0.1, 0.15) is 59.4 Å². The average molecular weight is 772 g/mol. The molecule has 7 rings (SSSR count). The smallest absolute Gasteiger partial charge is 0.407 e. The van der Waals surface area contributed by atoms with E-state index in [1.54, 1.807) is 4.90 Å². The van der Waals surface area contributed by atoms with E-state index in [-0.39, 0.29) is 76.1 Å². The van der Waals surface area contributed by atoms with Crippen molar-refractivity contribution in [3.8, 4) is 11.1 Å². The summed E-state index contributed by atoms with van der Waals surface area (Å²) in [5, 5.41) is 15.9. The molecule has 296 valence electrons. The number of aliphatic hydroxyl groups is 1. The fourth-order valence-corrected chi connectivity index (χ4v) is 7.95. The maximum absolute atomic E-state index is 13.9. The van der Waals surface area contributed by atoms with Crippen molar-refractivity contribution in [1.29, 1.82) is 0 Å². The molecule has 2 heterocycles. The van der Waals surface area contributed by atoms with Crippen molar-refractivity contribution in [2.75, 3.05) is 26.4 Å². The Balaban J connectivity index is 1.03. The van der Waals surface area contributed by atoms with E-state index in [1.807, 2.05) is 103 Å². The number of benzene rings is 4. The van der Waals surface area contributed by atoms with Crippen molar-refractivity contribution in [1.82, 2.24) is 15.5 Å². The second-order valence-electron chi connectivity index (χ2n) is 14.9. The third kappa shape index (κ3) is 9.79. The number of nitrogens with one attached hydrogen (secondary N) is 2. The highest BCUT2D eigenvalue weighted by Gasteiger charge is 2.34. The van der Waals surface area contributed by atoms with Crippen LogP contribution >= 0.6 is 0 Å². The summed E-state index contributed by atoms with van der Waals surface area (Å²) in [6, 6.07) is 31.4. The van der Waals surface area contributed by atoms with E-state index in [1.165, 1.54) is 0 Å². The van der Waals surface area contributed by atoms with Crippen molar-refractivity contribution in [2.24, 2.45) is 5.92 Å². The molecule has 0 radical (unpaired) electrons. The summed E-state index contributed by atoms with van der Waals surface area (Å²) in [6.07, 6.45) is 4.30. The predicted molar refractivity (Wildman–Crippen MR) is 214 cm³/mol. The van der Waals surface area contributed by atoms with Crippen LogP contribution in [0.25, 0.3) is 11.1 Å². The predicted octanol–water partition coefficient (Wildman–Crippen LogP) is 5.83. The number of rotatable bonds is 10. The van der Waals surface area contributed by atoms with Gasteiger partial charge in [-0.25, -0.2) is 9.59 Å². The molecule has 1 aliphatic carbocycles. The minimum Gasteiger partial charge on any atom is -0.462 e. The lowest BCUT2D eigenvalue weighted by Gasteiger charge is -2.36. The highest BCUT2D eigenvalue weighted by Crippen LogP contribution is 2.44. The summed E-state index contributed by atoms with van der Waals surface area (Å²) in [5.41, 5.74) is 7.44. The lowest BCUT2D eigenvalue weighted by molar-refractivity contribution is -0.148. The molecule has 11 nitrogen and oxygen atoms in total. The number of cyclic esters (lactones) is 1. The summed E-state index contributed by atoms with van der Waals surface area (Å²) in [7, 11) is 0. The monoisotopic (exact) mass is 771 g/mol. The van der Waals surface area contributed by atoms with Gasteiger partial charge in [0.25, 0.3) is 0 Å². The molecule has 3 N–H and O–H groups in total. The van der Waals surface area contributed by atoms with E-state index < -0.39 is 30.1 Å². The number of carbonyl (C=O) groups excluding carboxylic acids is 4. The third-order valence-electron chi connectivity index (χ3n) is 11.0. The molecule has 0 aromatic heterocycles. The minimum absolute atomic E-state index is 0.0321. The Hall–Kier alpha value is -5.78. The standard InChI is InChI=1S/C46H49N3O8/c50-26-36-23-32-15-7-8-17-34(32)25-49(36)43(51)24-33-16-5-2-6-22-42(45(53)56-29-35(47-44(33)52)28-55-27-31-13-3-1-4-14-31)48-46(54)57-30-41-39-20-11-9-18-37(39)38-19-10-12-21-40(38)41/h1-5,7-15,17-21,33,35-36,41-42,50H,6,16,22-30H2,(H,47,52)(H,48,54)/t33-,35+,36+,42+/m1/s1. The van der Waals surface area contributed by atoms with Crippen molar-refractivity contribution >= 4 is 23.9 Å². The van der Waals surface area contributed by atoms with Gasteiger partial charge in [0.2, 0.25) is 11.8 Å². The number of alkyl carbamates (subject to hydrolysis) is 1. The van der Waals surface area contributed by atoms with Crippen LogP contribution in [-0.2, 0) is 48.2 Å². The second kappa shape index (κ2) is 18.9. The van der Waals surface area contributed by atoms with Crippen LogP contribution in [0.2, 0.25) is 0 Å². The Bertz CT molecular complexity index is 2020. The summed E-state index contributed by atoms with van der Waals surface area (Å²) in [5.74, 6) is -2.13. The molecule has 57 heavy (non-hydrogen) atoms. The SMILES string of the molecule is O=C(N[C@H]1CCC=CC[C@H](CC(=O)N2Cc3ccccc3C[C@H]2CO)C(=O)N[C@@H](COCc2ccccc2)COC1=O)OCC1c2ccccc2-c2ccccc21. The molecule has 0 bridgehead atoms. The summed E-state index contributed by atoms with van der Waals surface area (Å²) in [4.78, 5) is 56.2. The Kier molecular flexibility index (Phi) is 13.1. The number of hydrogen-bond acceptors (Lipinski definition) is 8. The molecule has 0 saturated heterocycles. The number of aliphatic hydroxyl groups excluding tert-OH is 1. The van der Waals surface area contributed by atoms with E-state index in [4.69, 9.17) is 14.2 Å². The lowest BCUT2D eigenvalue weighted by atomic mass is 9.92. The van der Waals surface area contributed by atoms with Gasteiger partial charge in [-0.3, -0.25) is 9.59 Å². The molecule has 4 aromatic rings. The number of nitrogens with zero attached hydrogens (tertiary/aromatic N) is 1. The second-order valence-corrected chi connectivity index (χ2v) is 14.9. The maximum atomic E-state index is 13.9. The molecule has 4 atom stereocenters. The minimum atomic E-state index is -1.01. The maximum Gasteiger partial charge on any atom is 0.407 e. The Morgan fingerprint density at radius 3 is 2.26 bits per heavy atom. The van der Waals surface area contributed by atoms with Gasteiger partial charge in [0.15, 0.2) is 0 Å². The number of ether oxygens (including phenoxy) is 3. The largest absolute Gasteiger partial charge is 0.462 e. The Morgan fingerprint density at radius 2 is 1.53 bits per heavy atom. The van der Waals surface area contributed by atoms with Crippen LogP contribution in [0.5, 0.6) is 0 Å². The van der Waals surface area contributed by atoms with Crippen molar-refractivity contribution in [2.45, 2.75) is 69.3 Å². The van der Waals surface area contributed by atoms with Gasteiger partial charge in [0.05, 0.1) is 37.8 Å². The highest BCUT2D eigenvalue weighted by atomic mass is 16.6. The molecule has 0 spiro atoms. The molecule has 2 aliphatic heterocycles. The number of fused-ring (bicyclic) bond motifs is 4. The molecular formula is C46H49N3O8. The summed E-state index contributed by atoms with van der Waals surface area (Å²) >= 11 is 0. The molecule has 11 heteroatoms. The molecule has 3 amide bonds. The van der Waals surface area contributed by atoms with Gasteiger partial charge in [-0.05, 0) is 64.6 Å². The van der Waals surface area contributed by atoms with Gasteiger partial charge in [0, 0.05) is 18.9 Å². The van der Waals surface area contributed by atoms with E-state index in [0.29, 0.717) is 19.4 Å². The fourth-order valence-electron chi connectivity index (χ4n) is 7.95. The fraction of sp³-hybridized carbons (Fsp3) is 0.348. The van der Waals surface area contributed by atoms with Gasteiger partial charge >= 0.3 is 12.1 Å². The normalized spacial score (nSPS) is 21.0. The van der Waals surface area contributed by atoms with Crippen LogP contribution in [0.4, 0.5) is 4.79 Å². The van der Waals surface area contributed by atoms with Crippen molar-refractivity contribution in [3.63, 3.8) is 0 Å². The number of esters is 1. The van der Waals surface area contributed by atoms with Crippen LogP contribution in [-0.4, -0.2) is 78.4 Å². The first-order chi connectivity index (χ1) is 27.9. The third-order valence-corrected chi connectivity index (χ3v) is 11.0. The molecule has 0 saturated carbocycles. The van der Waals surface area contributed by atoms with Gasteiger partial charge < -0.3 is 34.9 Å². The van der Waals surface area contributed by atoms with Crippen molar-refractivity contribution in [3.05, 3.63) is 143 Å². The number of hydrogen-bond donors (Lipinski definition) is 3. The van der Waals surface area contributed by atoms with Gasteiger partial charge in [-0.15, -0.1) is 0 Å². The van der Waals surface area contributed by atoms with Crippen LogP contribution in [0.3, 0.4) is 0 Å². The zero-order chi connectivity index (χ0) is 39.6. The van der Waals surface area contributed by atoms with E-state index >= 15 is 0 Å². The molecule has 0 unspecified atom stereocenters. The Morgan fingerprint density at radius 1 is 0.842 bits per heavy atom. The first-order valence-electron chi connectivity index (χ1n) is 19.7. The number of carbonyl (C=O) groups is 4. The van der Waals surface area contributed by atoms with Gasteiger partial charge in [0.1, 0.15) is 19.3 Å². The van der Waals surface area contributed by atoms with E-state index in [2.05, 4.69) is 22.8 Å². The first-order valence-corrected chi connectivity index (χ1v) is 19.7. The number of allylic oxidation sites excluding steroid dienone is 2. The summed E-state index contributed by atoms with van der Waals surface area (Å²) < 4.78 is 17.5. The first kappa shape index (κ1) is 39.5. The molecule has 3 aliphatic rings. The van der Waals surface area contributed by atoms with E-state index in [0.717, 1.165) is 38.9 Å². The van der Waals surface area contributed by atoms with Crippen LogP contribution in [0.15, 0.2) is 115 Å². The van der Waals surface area contributed by atoms with Crippen LogP contribution in [0, 0.1) is 5.92 Å². The van der Waals surface area contributed by atoms with Gasteiger partial charge in [-0.1, -0.05) is 115 Å². The lowest BCUT2D eigenvalue weighted by Crippen LogP contribution is -2.49. The zero-order valence-electron chi connectivity index (χ0n) is 31.9. The van der Waals surface area contributed by atoms with Gasteiger partial charge in [-0.2, -0.15) is 0 Å². The topological polar surface area (TPSA) is 144 Å². The molecular weight excluding hydrogens is 723 g/mol. The van der Waals surface area contributed by atoms with Crippen LogP contribution < -0.4 is 10.6 Å². The molecule has 0 fully saturated rings. The average Bonchev–Trinajstić information content (AvgIpc) is 3.56. The van der Waals surface area contributed by atoms with E-state index in [9.17, 15) is 24.3 Å². The van der Waals surface area contributed by atoms with Crippen molar-refractivity contribution < 1.29 is 38.5 Å². The highest BCUT2D eigenvalue weighted by molar-refractivity contribution is 5.87. The molecule has 4 aromatic carbocycles. The zero-order valence-corrected chi connectivity index (χ0v) is 31.9. The summed E-state index contributed by atoms with van der Waals surface area (Å²) in [6.45, 7) is 0.354.